The summed E-state index contributed by atoms with van der Waals surface area (Å²) in [6, 6.07) is 9.27. The van der Waals surface area contributed by atoms with Crippen molar-refractivity contribution in [1.82, 2.24) is 9.55 Å². The van der Waals surface area contributed by atoms with Crippen molar-refractivity contribution in [2.24, 2.45) is 0 Å². The fourth-order valence-corrected chi connectivity index (χ4v) is 2.47. The predicted molar refractivity (Wildman–Crippen MR) is 79.2 cm³/mol. The van der Waals surface area contributed by atoms with Gasteiger partial charge in [0, 0.05) is 5.56 Å². The first-order valence-corrected chi connectivity index (χ1v) is 6.94. The zero-order valence-corrected chi connectivity index (χ0v) is 12.3. The van der Waals surface area contributed by atoms with E-state index in [-0.39, 0.29) is 22.1 Å². The van der Waals surface area contributed by atoms with Gasteiger partial charge in [0.05, 0.1) is 28.2 Å². The van der Waals surface area contributed by atoms with Gasteiger partial charge < -0.3 is 0 Å². The summed E-state index contributed by atoms with van der Waals surface area (Å²) < 4.78 is 29.1. The standard InChI is InChI=1S/C15H9BrF2N2O/c16-11-5-6-12(17)10(14(11)18)7-20-8-19-13-4-2-1-3-9(13)15(20)21/h1-6,8H,7H2. The average molecular weight is 351 g/mol. The Morgan fingerprint density at radius 2 is 1.90 bits per heavy atom. The Balaban J connectivity index is 2.13. The van der Waals surface area contributed by atoms with E-state index >= 15 is 0 Å². The maximum absolute atomic E-state index is 14.0. The van der Waals surface area contributed by atoms with E-state index in [1.54, 1.807) is 24.3 Å². The maximum atomic E-state index is 14.0. The molecular weight excluding hydrogens is 342 g/mol. The normalized spacial score (nSPS) is 11.0. The molecule has 3 nitrogen and oxygen atoms in total. The Kier molecular flexibility index (Phi) is 3.55. The van der Waals surface area contributed by atoms with Crippen molar-refractivity contribution in [3.63, 3.8) is 0 Å². The zero-order chi connectivity index (χ0) is 15.0. The number of fused-ring (bicyclic) bond motifs is 1. The molecule has 6 heteroatoms. The van der Waals surface area contributed by atoms with Gasteiger partial charge in [0.2, 0.25) is 0 Å². The molecular formula is C15H9BrF2N2O. The predicted octanol–water partition coefficient (Wildman–Crippen LogP) is 3.49. The number of hydrogen-bond acceptors (Lipinski definition) is 2. The fourth-order valence-electron chi connectivity index (χ4n) is 2.10. The minimum Gasteiger partial charge on any atom is -0.294 e. The van der Waals surface area contributed by atoms with Crippen LogP contribution in [0.25, 0.3) is 10.9 Å². The second kappa shape index (κ2) is 5.37. The SMILES string of the molecule is O=c1c2ccccc2ncn1Cc1c(F)ccc(Br)c1F. The highest BCUT2D eigenvalue weighted by Crippen LogP contribution is 2.22. The van der Waals surface area contributed by atoms with Crippen LogP contribution in [0.3, 0.4) is 0 Å². The average Bonchev–Trinajstić information content (AvgIpc) is 2.50. The van der Waals surface area contributed by atoms with Crippen LogP contribution in [0.4, 0.5) is 8.78 Å². The highest BCUT2D eigenvalue weighted by Gasteiger charge is 2.14. The molecule has 0 saturated carbocycles. The van der Waals surface area contributed by atoms with Crippen LogP contribution in [0.1, 0.15) is 5.56 Å². The van der Waals surface area contributed by atoms with E-state index in [0.29, 0.717) is 10.9 Å². The lowest BCUT2D eigenvalue weighted by Crippen LogP contribution is -2.22. The summed E-state index contributed by atoms with van der Waals surface area (Å²) in [5.41, 5.74) is 0.0388. The Labute approximate surface area is 127 Å². The van der Waals surface area contributed by atoms with Gasteiger partial charge in [-0.25, -0.2) is 13.8 Å². The summed E-state index contributed by atoms with van der Waals surface area (Å²) in [6.45, 7) is -0.215. The summed E-state index contributed by atoms with van der Waals surface area (Å²) in [5.74, 6) is -1.41. The Morgan fingerprint density at radius 3 is 2.71 bits per heavy atom. The quantitative estimate of drug-likeness (QED) is 0.663. The molecule has 0 bridgehead atoms. The van der Waals surface area contributed by atoms with Gasteiger partial charge in [-0.1, -0.05) is 12.1 Å². The molecule has 0 saturated heterocycles. The van der Waals surface area contributed by atoms with Crippen molar-refractivity contribution in [2.75, 3.05) is 0 Å². The number of benzene rings is 2. The number of hydrogen-bond donors (Lipinski definition) is 0. The van der Waals surface area contributed by atoms with Crippen LogP contribution in [0.15, 0.2) is 52.0 Å². The van der Waals surface area contributed by atoms with Gasteiger partial charge in [0.25, 0.3) is 5.56 Å². The van der Waals surface area contributed by atoms with Crippen LogP contribution < -0.4 is 5.56 Å². The lowest BCUT2D eigenvalue weighted by molar-refractivity contribution is 0.537. The molecule has 106 valence electrons. The number of aromatic nitrogens is 2. The monoisotopic (exact) mass is 350 g/mol. The van der Waals surface area contributed by atoms with E-state index in [4.69, 9.17) is 0 Å². The summed E-state index contributed by atoms with van der Waals surface area (Å²) >= 11 is 3.01. The molecule has 0 aliphatic carbocycles. The van der Waals surface area contributed by atoms with Crippen LogP contribution in [0.2, 0.25) is 0 Å². The third kappa shape index (κ3) is 2.47. The lowest BCUT2D eigenvalue weighted by atomic mass is 10.2. The van der Waals surface area contributed by atoms with Crippen molar-refractivity contribution in [2.45, 2.75) is 6.54 Å². The topological polar surface area (TPSA) is 34.9 Å². The fraction of sp³-hybridized carbons (Fsp3) is 0.0667. The molecule has 2 aromatic carbocycles. The molecule has 0 spiro atoms. The first kappa shape index (κ1) is 13.9. The zero-order valence-electron chi connectivity index (χ0n) is 10.7. The Morgan fingerprint density at radius 1 is 1.14 bits per heavy atom. The van der Waals surface area contributed by atoms with Gasteiger partial charge in [-0.3, -0.25) is 9.36 Å². The van der Waals surface area contributed by atoms with Gasteiger partial charge in [0.15, 0.2) is 0 Å². The largest absolute Gasteiger partial charge is 0.294 e. The van der Waals surface area contributed by atoms with Crippen molar-refractivity contribution in [3.8, 4) is 0 Å². The first-order valence-electron chi connectivity index (χ1n) is 6.14. The summed E-state index contributed by atoms with van der Waals surface area (Å²) in [6.07, 6.45) is 1.30. The molecule has 0 fully saturated rings. The highest BCUT2D eigenvalue weighted by molar-refractivity contribution is 9.10. The molecule has 1 heterocycles. The molecule has 0 amide bonds. The molecule has 1 aromatic heterocycles. The van der Waals surface area contributed by atoms with Crippen LogP contribution in [-0.2, 0) is 6.54 Å². The van der Waals surface area contributed by atoms with Gasteiger partial charge in [-0.15, -0.1) is 0 Å². The summed E-state index contributed by atoms with van der Waals surface area (Å²) in [4.78, 5) is 16.4. The third-order valence-electron chi connectivity index (χ3n) is 3.20. The van der Waals surface area contributed by atoms with Crippen LogP contribution in [0.5, 0.6) is 0 Å². The summed E-state index contributed by atoms with van der Waals surface area (Å²) in [7, 11) is 0. The Hall–Kier alpha value is -2.08. The van der Waals surface area contributed by atoms with Crippen molar-refractivity contribution in [3.05, 3.63) is 74.7 Å². The molecule has 0 atom stereocenters. The number of rotatable bonds is 2. The first-order chi connectivity index (χ1) is 10.1. The molecule has 0 aliphatic heterocycles. The van der Waals surface area contributed by atoms with Gasteiger partial charge in [0.1, 0.15) is 11.6 Å². The van der Waals surface area contributed by atoms with E-state index in [2.05, 4.69) is 20.9 Å². The van der Waals surface area contributed by atoms with Gasteiger partial charge in [-0.05, 0) is 40.2 Å². The number of para-hydroxylation sites is 1. The maximum Gasteiger partial charge on any atom is 0.261 e. The van der Waals surface area contributed by atoms with Crippen LogP contribution in [-0.4, -0.2) is 9.55 Å². The van der Waals surface area contributed by atoms with E-state index in [1.807, 2.05) is 0 Å². The van der Waals surface area contributed by atoms with Crippen molar-refractivity contribution in [1.29, 1.82) is 0 Å². The lowest BCUT2D eigenvalue weighted by Gasteiger charge is -2.09. The molecule has 0 unspecified atom stereocenters. The molecule has 3 aromatic rings. The molecule has 0 radical (unpaired) electrons. The summed E-state index contributed by atoms with van der Waals surface area (Å²) in [5, 5.41) is 0.413. The molecule has 21 heavy (non-hydrogen) atoms. The van der Waals surface area contributed by atoms with E-state index in [1.165, 1.54) is 17.0 Å². The van der Waals surface area contributed by atoms with E-state index < -0.39 is 11.6 Å². The van der Waals surface area contributed by atoms with Crippen LogP contribution in [0, 0.1) is 11.6 Å². The number of halogens is 3. The minimum absolute atomic E-state index is 0.153. The second-order valence-corrected chi connectivity index (χ2v) is 5.37. The van der Waals surface area contributed by atoms with Crippen molar-refractivity contribution < 1.29 is 8.78 Å². The smallest absolute Gasteiger partial charge is 0.261 e. The molecule has 3 rings (SSSR count). The third-order valence-corrected chi connectivity index (χ3v) is 3.81. The minimum atomic E-state index is -0.713. The highest BCUT2D eigenvalue weighted by atomic mass is 79.9. The van der Waals surface area contributed by atoms with Crippen LogP contribution >= 0.6 is 15.9 Å². The van der Waals surface area contributed by atoms with E-state index in [9.17, 15) is 13.6 Å². The molecule has 0 aliphatic rings. The number of nitrogens with zero attached hydrogens (tertiary/aromatic N) is 2. The van der Waals surface area contributed by atoms with Gasteiger partial charge >= 0.3 is 0 Å². The van der Waals surface area contributed by atoms with Gasteiger partial charge in [-0.2, -0.15) is 0 Å². The van der Waals surface area contributed by atoms with Crippen molar-refractivity contribution >= 4 is 26.8 Å². The second-order valence-electron chi connectivity index (χ2n) is 4.52. The van der Waals surface area contributed by atoms with E-state index in [0.717, 1.165) is 6.07 Å². The molecule has 0 N–H and O–H groups in total. The Bertz CT molecular complexity index is 892.